The summed E-state index contributed by atoms with van der Waals surface area (Å²) in [5.74, 6) is -1.01. The molecule has 0 unspecified atom stereocenters. The molecule has 3 aromatic carbocycles. The van der Waals surface area contributed by atoms with Crippen LogP contribution in [0.1, 0.15) is 26.3 Å². The van der Waals surface area contributed by atoms with Crippen molar-refractivity contribution in [1.29, 1.82) is 0 Å². The highest BCUT2D eigenvalue weighted by molar-refractivity contribution is 6.30. The lowest BCUT2D eigenvalue weighted by molar-refractivity contribution is 0.0948. The number of rotatable bonds is 5. The first-order valence-electron chi connectivity index (χ1n) is 8.21. The van der Waals surface area contributed by atoms with Crippen molar-refractivity contribution in [2.75, 3.05) is 5.32 Å². The van der Waals surface area contributed by atoms with Crippen molar-refractivity contribution in [3.63, 3.8) is 0 Å². The normalized spacial score (nSPS) is 10.3. The highest BCUT2D eigenvalue weighted by Crippen LogP contribution is 2.15. The second-order valence-electron chi connectivity index (χ2n) is 5.81. The van der Waals surface area contributed by atoms with Crippen molar-refractivity contribution < 1.29 is 14.0 Å². The van der Waals surface area contributed by atoms with E-state index in [1.807, 2.05) is 0 Å². The first-order valence-corrected chi connectivity index (χ1v) is 8.59. The molecule has 0 aliphatic rings. The second-order valence-corrected chi connectivity index (χ2v) is 6.25. The molecule has 0 radical (unpaired) electrons. The van der Waals surface area contributed by atoms with Crippen LogP contribution in [-0.4, -0.2) is 11.8 Å². The van der Waals surface area contributed by atoms with E-state index in [2.05, 4.69) is 10.6 Å². The number of carbonyl (C=O) groups is 2. The van der Waals surface area contributed by atoms with E-state index in [1.165, 1.54) is 6.07 Å². The lowest BCUT2D eigenvalue weighted by Crippen LogP contribution is -2.23. The molecule has 0 fully saturated rings. The smallest absolute Gasteiger partial charge is 0.255 e. The summed E-state index contributed by atoms with van der Waals surface area (Å²) in [5, 5.41) is 5.99. The summed E-state index contributed by atoms with van der Waals surface area (Å²) in [7, 11) is 0. The number of benzene rings is 3. The minimum Gasteiger partial charge on any atom is -0.348 e. The predicted octanol–water partition coefficient (Wildman–Crippen LogP) is 4.66. The molecule has 2 amide bonds. The molecule has 2 N–H and O–H groups in total. The highest BCUT2D eigenvalue weighted by atomic mass is 35.5. The van der Waals surface area contributed by atoms with Crippen LogP contribution in [0.2, 0.25) is 5.02 Å². The van der Waals surface area contributed by atoms with E-state index in [4.69, 9.17) is 11.6 Å². The Labute approximate surface area is 161 Å². The summed E-state index contributed by atoms with van der Waals surface area (Å²) in [6, 6.07) is 19.2. The van der Waals surface area contributed by atoms with Crippen LogP contribution in [0.3, 0.4) is 0 Å². The minimum absolute atomic E-state index is 0.0876. The van der Waals surface area contributed by atoms with E-state index in [0.717, 1.165) is 0 Å². The molecule has 0 heterocycles. The van der Waals surface area contributed by atoms with Gasteiger partial charge in [0.1, 0.15) is 5.82 Å². The van der Waals surface area contributed by atoms with Crippen molar-refractivity contribution >= 4 is 29.1 Å². The minimum atomic E-state index is -0.369. The van der Waals surface area contributed by atoms with Gasteiger partial charge in [-0.15, -0.1) is 0 Å². The Morgan fingerprint density at radius 1 is 0.815 bits per heavy atom. The molecular weight excluding hydrogens is 367 g/mol. The molecule has 27 heavy (non-hydrogen) atoms. The van der Waals surface area contributed by atoms with Crippen LogP contribution in [0.25, 0.3) is 0 Å². The molecule has 0 spiro atoms. The van der Waals surface area contributed by atoms with Crippen LogP contribution in [0, 0.1) is 5.82 Å². The zero-order valence-corrected chi connectivity index (χ0v) is 15.0. The Kier molecular flexibility index (Phi) is 5.84. The second kappa shape index (κ2) is 8.47. The predicted molar refractivity (Wildman–Crippen MR) is 103 cm³/mol. The van der Waals surface area contributed by atoms with E-state index >= 15 is 0 Å². The van der Waals surface area contributed by atoms with Gasteiger partial charge in [0, 0.05) is 33.9 Å². The number of hydrogen-bond acceptors (Lipinski definition) is 2. The molecule has 0 aliphatic carbocycles. The fourth-order valence-corrected chi connectivity index (χ4v) is 2.55. The third kappa shape index (κ3) is 4.92. The maximum atomic E-state index is 13.6. The fraction of sp³-hybridized carbons (Fsp3) is 0.0476. The number of nitrogens with one attached hydrogen (secondary N) is 2. The zero-order valence-electron chi connectivity index (χ0n) is 14.2. The van der Waals surface area contributed by atoms with E-state index in [1.54, 1.807) is 66.7 Å². The monoisotopic (exact) mass is 382 g/mol. The molecule has 3 aromatic rings. The Morgan fingerprint density at radius 3 is 2.04 bits per heavy atom. The summed E-state index contributed by atoms with van der Waals surface area (Å²) in [4.78, 5) is 24.4. The fourth-order valence-electron chi connectivity index (χ4n) is 2.43. The Hall–Kier alpha value is -3.18. The zero-order chi connectivity index (χ0) is 19.2. The summed E-state index contributed by atoms with van der Waals surface area (Å²) in [6.45, 7) is 0.0876. The first-order chi connectivity index (χ1) is 13.0. The molecule has 3 rings (SSSR count). The molecule has 0 aliphatic heterocycles. The van der Waals surface area contributed by atoms with E-state index in [0.29, 0.717) is 27.4 Å². The molecule has 6 heteroatoms. The molecule has 0 saturated heterocycles. The van der Waals surface area contributed by atoms with Crippen LogP contribution in [0.4, 0.5) is 10.1 Å². The highest BCUT2D eigenvalue weighted by Gasteiger charge is 2.10. The lowest BCUT2D eigenvalue weighted by atomic mass is 10.1. The number of anilines is 1. The Bertz CT molecular complexity index is 957. The molecule has 4 nitrogen and oxygen atoms in total. The van der Waals surface area contributed by atoms with Gasteiger partial charge in [-0.3, -0.25) is 9.59 Å². The van der Waals surface area contributed by atoms with Crippen molar-refractivity contribution in [3.05, 3.63) is 100 Å². The van der Waals surface area contributed by atoms with Gasteiger partial charge >= 0.3 is 0 Å². The molecule has 0 atom stereocenters. The SMILES string of the molecule is O=C(NCc1ccccc1F)c1ccc(C(=O)Nc2ccc(Cl)cc2)cc1. The summed E-state index contributed by atoms with van der Waals surface area (Å²) in [5.41, 5.74) is 1.82. The quantitative estimate of drug-likeness (QED) is 0.674. The van der Waals surface area contributed by atoms with Crippen molar-refractivity contribution in [1.82, 2.24) is 5.32 Å². The van der Waals surface area contributed by atoms with Crippen LogP contribution in [0.15, 0.2) is 72.8 Å². The van der Waals surface area contributed by atoms with Crippen LogP contribution in [-0.2, 0) is 6.54 Å². The molecule has 136 valence electrons. The van der Waals surface area contributed by atoms with Gasteiger partial charge in [0.25, 0.3) is 11.8 Å². The van der Waals surface area contributed by atoms with Gasteiger partial charge in [0.05, 0.1) is 0 Å². The van der Waals surface area contributed by atoms with Crippen LogP contribution < -0.4 is 10.6 Å². The summed E-state index contributed by atoms with van der Waals surface area (Å²) >= 11 is 5.81. The Balaban J connectivity index is 1.60. The standard InChI is InChI=1S/C21H16ClFN2O2/c22-17-9-11-18(12-10-17)25-21(27)15-7-5-14(6-8-15)20(26)24-13-16-3-1-2-4-19(16)23/h1-12H,13H2,(H,24,26)(H,25,27). The number of hydrogen-bond donors (Lipinski definition) is 2. The van der Waals surface area contributed by atoms with Gasteiger partial charge in [0.15, 0.2) is 0 Å². The van der Waals surface area contributed by atoms with Crippen molar-refractivity contribution in [3.8, 4) is 0 Å². The van der Waals surface area contributed by atoms with Gasteiger partial charge in [-0.1, -0.05) is 29.8 Å². The third-order valence-electron chi connectivity index (χ3n) is 3.91. The first kappa shape index (κ1) is 18.6. The average molecular weight is 383 g/mol. The maximum absolute atomic E-state index is 13.6. The van der Waals surface area contributed by atoms with Gasteiger partial charge < -0.3 is 10.6 Å². The van der Waals surface area contributed by atoms with Gasteiger partial charge in [-0.2, -0.15) is 0 Å². The van der Waals surface area contributed by atoms with E-state index < -0.39 is 0 Å². The van der Waals surface area contributed by atoms with E-state index in [9.17, 15) is 14.0 Å². The van der Waals surface area contributed by atoms with Crippen LogP contribution in [0.5, 0.6) is 0 Å². The van der Waals surface area contributed by atoms with Crippen LogP contribution >= 0.6 is 11.6 Å². The summed E-state index contributed by atoms with van der Waals surface area (Å²) < 4.78 is 13.6. The van der Waals surface area contributed by atoms with Crippen molar-refractivity contribution in [2.24, 2.45) is 0 Å². The van der Waals surface area contributed by atoms with E-state index in [-0.39, 0.29) is 24.2 Å². The Morgan fingerprint density at radius 2 is 1.41 bits per heavy atom. The number of carbonyl (C=O) groups excluding carboxylic acids is 2. The topological polar surface area (TPSA) is 58.2 Å². The van der Waals surface area contributed by atoms with Gasteiger partial charge in [-0.25, -0.2) is 4.39 Å². The number of halogens is 2. The lowest BCUT2D eigenvalue weighted by Gasteiger charge is -2.08. The molecular formula is C21H16ClFN2O2. The van der Waals surface area contributed by atoms with Gasteiger partial charge in [0.2, 0.25) is 0 Å². The molecule has 0 bridgehead atoms. The maximum Gasteiger partial charge on any atom is 0.255 e. The third-order valence-corrected chi connectivity index (χ3v) is 4.16. The number of amides is 2. The largest absolute Gasteiger partial charge is 0.348 e. The average Bonchev–Trinajstić information content (AvgIpc) is 2.69. The molecule has 0 aromatic heterocycles. The molecule has 0 saturated carbocycles. The van der Waals surface area contributed by atoms with Crippen molar-refractivity contribution in [2.45, 2.75) is 6.54 Å². The summed E-state index contributed by atoms with van der Waals surface area (Å²) in [6.07, 6.45) is 0. The van der Waals surface area contributed by atoms with Gasteiger partial charge in [-0.05, 0) is 54.6 Å².